The predicted molar refractivity (Wildman–Crippen MR) is 44.4 cm³/mol. The number of sulfone groups is 1. The lowest BCUT2D eigenvalue weighted by atomic mass is 10.6. The third-order valence-corrected chi connectivity index (χ3v) is 2.28. The molecular formula is C7H10N2O2S. The SMILES string of the molecule is [2H]C([2H])([2H])C([2H])(C([2H])([2H])[2H])S(=O)(=O)c1ncccn1. The summed E-state index contributed by atoms with van der Waals surface area (Å²) >= 11 is 0. The molecule has 0 aliphatic carbocycles. The molecule has 0 N–H and O–H groups in total. The summed E-state index contributed by atoms with van der Waals surface area (Å²) in [7, 11) is -5.10. The maximum Gasteiger partial charge on any atom is 0.247 e. The zero-order valence-corrected chi connectivity index (χ0v) is 6.67. The molecule has 5 heteroatoms. The molecule has 0 unspecified atom stereocenters. The summed E-state index contributed by atoms with van der Waals surface area (Å²) in [6.45, 7) is -7.17. The van der Waals surface area contributed by atoms with Crippen LogP contribution in [0.3, 0.4) is 0 Å². The van der Waals surface area contributed by atoms with Gasteiger partial charge in [0, 0.05) is 22.0 Å². The van der Waals surface area contributed by atoms with Crippen molar-refractivity contribution in [3.05, 3.63) is 18.5 Å². The Morgan fingerprint density at radius 2 is 2.08 bits per heavy atom. The van der Waals surface area contributed by atoms with Gasteiger partial charge in [0.2, 0.25) is 15.0 Å². The van der Waals surface area contributed by atoms with E-state index in [2.05, 4.69) is 9.97 Å². The van der Waals surface area contributed by atoms with E-state index in [1.165, 1.54) is 6.07 Å². The Labute approximate surface area is 81.4 Å². The van der Waals surface area contributed by atoms with Crippen molar-refractivity contribution in [3.8, 4) is 0 Å². The van der Waals surface area contributed by atoms with Crippen LogP contribution in [-0.4, -0.2) is 23.6 Å². The van der Waals surface area contributed by atoms with E-state index >= 15 is 0 Å². The summed E-state index contributed by atoms with van der Waals surface area (Å²) in [4.78, 5) is 6.65. The van der Waals surface area contributed by atoms with E-state index in [9.17, 15) is 8.42 Å². The zero-order valence-electron chi connectivity index (χ0n) is 12.9. The summed E-state index contributed by atoms with van der Waals surface area (Å²) in [6, 6.07) is 1.27. The molecule has 0 saturated carbocycles. The largest absolute Gasteiger partial charge is 0.247 e. The van der Waals surface area contributed by atoms with Gasteiger partial charge < -0.3 is 0 Å². The van der Waals surface area contributed by atoms with Crippen LogP contribution in [0.4, 0.5) is 0 Å². The molecule has 0 amide bonds. The highest BCUT2D eigenvalue weighted by Crippen LogP contribution is 2.08. The quantitative estimate of drug-likeness (QED) is 0.647. The van der Waals surface area contributed by atoms with Gasteiger partial charge in [-0.3, -0.25) is 0 Å². The Bertz CT molecular complexity index is 537. The maximum atomic E-state index is 12.1. The van der Waals surface area contributed by atoms with Crippen LogP contribution in [0.1, 0.15) is 23.3 Å². The molecule has 0 aliphatic heterocycles. The summed E-state index contributed by atoms with van der Waals surface area (Å²) in [5, 5.41) is -4.73. The van der Waals surface area contributed by atoms with Crippen molar-refractivity contribution >= 4 is 9.84 Å². The summed E-state index contributed by atoms with van der Waals surface area (Å²) in [5.74, 6) is 0. The third-order valence-electron chi connectivity index (χ3n) is 1.05. The van der Waals surface area contributed by atoms with E-state index in [0.717, 1.165) is 12.4 Å². The second-order valence-electron chi connectivity index (χ2n) is 1.86. The second kappa shape index (κ2) is 3.18. The van der Waals surface area contributed by atoms with Gasteiger partial charge >= 0.3 is 0 Å². The molecule has 12 heavy (non-hydrogen) atoms. The predicted octanol–water partition coefficient (Wildman–Crippen LogP) is 0.659. The lowest BCUT2D eigenvalue weighted by Gasteiger charge is -2.03. The molecule has 0 fully saturated rings. The van der Waals surface area contributed by atoms with Crippen molar-refractivity contribution < 1.29 is 18.0 Å². The molecule has 1 heterocycles. The molecule has 0 bridgehead atoms. The van der Waals surface area contributed by atoms with Crippen LogP contribution in [0.15, 0.2) is 23.6 Å². The summed E-state index contributed by atoms with van der Waals surface area (Å²) in [5.41, 5.74) is 0. The molecule has 0 spiro atoms. The highest BCUT2D eigenvalue weighted by Gasteiger charge is 2.21. The van der Waals surface area contributed by atoms with Crippen molar-refractivity contribution in [1.29, 1.82) is 0 Å². The summed E-state index contributed by atoms with van der Waals surface area (Å²) < 4.78 is 74.4. The van der Waals surface area contributed by atoms with Crippen LogP contribution in [0, 0.1) is 0 Å². The van der Waals surface area contributed by atoms with E-state index in [0.29, 0.717) is 0 Å². The average Bonchev–Trinajstić information content (AvgIpc) is 2.26. The van der Waals surface area contributed by atoms with Gasteiger partial charge in [-0.25, -0.2) is 18.4 Å². The van der Waals surface area contributed by atoms with E-state index < -0.39 is 33.9 Å². The Kier molecular flexibility index (Phi) is 0.905. The monoisotopic (exact) mass is 193 g/mol. The van der Waals surface area contributed by atoms with E-state index in [1.54, 1.807) is 0 Å². The lowest BCUT2D eigenvalue weighted by molar-refractivity contribution is 0.578. The fourth-order valence-corrected chi connectivity index (χ4v) is 1.10. The zero-order chi connectivity index (χ0) is 15.1. The van der Waals surface area contributed by atoms with Crippen molar-refractivity contribution in [2.75, 3.05) is 0 Å². The molecule has 1 aromatic heterocycles. The van der Waals surface area contributed by atoms with Crippen LogP contribution in [0.2, 0.25) is 0 Å². The minimum Gasteiger partial charge on any atom is -0.227 e. The Hall–Kier alpha value is -0.970. The Balaban J connectivity index is 3.62. The van der Waals surface area contributed by atoms with E-state index in [-0.39, 0.29) is 0 Å². The number of hydrogen-bond acceptors (Lipinski definition) is 4. The first-order chi connectivity index (χ1) is 8.36. The highest BCUT2D eigenvalue weighted by molar-refractivity contribution is 7.91. The standard InChI is InChI=1S/C7H10N2O2S/c1-6(2)12(10,11)7-8-4-3-5-9-7/h3-6H,1-2H3/i1D3,2D3,6D. The van der Waals surface area contributed by atoms with Crippen molar-refractivity contribution in [1.82, 2.24) is 9.97 Å². The molecule has 0 radical (unpaired) electrons. The van der Waals surface area contributed by atoms with E-state index in [4.69, 9.17) is 9.60 Å². The van der Waals surface area contributed by atoms with Crippen LogP contribution in [0.5, 0.6) is 0 Å². The Morgan fingerprint density at radius 3 is 2.58 bits per heavy atom. The fourth-order valence-electron chi connectivity index (χ4n) is 0.515. The molecule has 0 aliphatic rings. The molecule has 0 aromatic carbocycles. The maximum absolute atomic E-state index is 12.1. The molecule has 0 saturated heterocycles. The first-order valence-corrected chi connectivity index (χ1v) is 4.36. The smallest absolute Gasteiger partial charge is 0.227 e. The first-order valence-electron chi connectivity index (χ1n) is 6.37. The third kappa shape index (κ3) is 1.61. The first kappa shape index (κ1) is 3.41. The van der Waals surface area contributed by atoms with Gasteiger partial charge in [-0.2, -0.15) is 0 Å². The number of nitrogens with zero attached hydrogens (tertiary/aromatic N) is 2. The highest BCUT2D eigenvalue weighted by atomic mass is 32.2. The number of aromatic nitrogens is 2. The Morgan fingerprint density at radius 1 is 1.50 bits per heavy atom. The summed E-state index contributed by atoms with van der Waals surface area (Å²) in [6.07, 6.45) is 2.03. The van der Waals surface area contributed by atoms with Gasteiger partial charge in [0.1, 0.15) is 0 Å². The van der Waals surface area contributed by atoms with Crippen molar-refractivity contribution in [3.63, 3.8) is 0 Å². The number of rotatable bonds is 2. The minimum atomic E-state index is -5.10. The minimum absolute atomic E-state index is 1.00. The van der Waals surface area contributed by atoms with E-state index in [1.807, 2.05) is 0 Å². The van der Waals surface area contributed by atoms with Gasteiger partial charge in [0.05, 0.1) is 5.23 Å². The van der Waals surface area contributed by atoms with Gasteiger partial charge in [-0.05, 0) is 19.8 Å². The second-order valence-corrected chi connectivity index (χ2v) is 3.64. The van der Waals surface area contributed by atoms with Crippen molar-refractivity contribution in [2.24, 2.45) is 0 Å². The van der Waals surface area contributed by atoms with Crippen LogP contribution in [0.25, 0.3) is 0 Å². The van der Waals surface area contributed by atoms with Gasteiger partial charge in [-0.1, -0.05) is 0 Å². The molecule has 1 rings (SSSR count). The van der Waals surface area contributed by atoms with Crippen LogP contribution >= 0.6 is 0 Å². The average molecular weight is 193 g/mol. The topological polar surface area (TPSA) is 59.9 Å². The van der Waals surface area contributed by atoms with Crippen LogP contribution < -0.4 is 0 Å². The lowest BCUT2D eigenvalue weighted by Crippen LogP contribution is -2.16. The molecule has 66 valence electrons. The van der Waals surface area contributed by atoms with Crippen molar-refractivity contribution in [2.45, 2.75) is 24.1 Å². The number of hydrogen-bond donors (Lipinski definition) is 0. The van der Waals surface area contributed by atoms with Gasteiger partial charge in [0.25, 0.3) is 0 Å². The van der Waals surface area contributed by atoms with Gasteiger partial charge in [-0.15, -0.1) is 0 Å². The molecule has 0 atom stereocenters. The molecule has 4 nitrogen and oxygen atoms in total. The molecule has 1 aromatic rings. The van der Waals surface area contributed by atoms with Gasteiger partial charge in [0.15, 0.2) is 0 Å². The molecular weight excluding hydrogens is 176 g/mol. The normalized spacial score (nSPS) is 23.5. The van der Waals surface area contributed by atoms with Crippen LogP contribution in [-0.2, 0) is 9.84 Å². The fraction of sp³-hybridized carbons (Fsp3) is 0.429.